The van der Waals surface area contributed by atoms with E-state index in [1.165, 1.54) is 0 Å². The molecule has 0 spiro atoms. The van der Waals surface area contributed by atoms with Crippen molar-refractivity contribution in [2.75, 3.05) is 0 Å². The molecule has 14 heavy (non-hydrogen) atoms. The molecule has 0 radical (unpaired) electrons. The number of phenolic OH excluding ortho intramolecular Hbond substituents is 1. The minimum Gasteiger partial charge on any atom is -0.504 e. The molecule has 0 aliphatic carbocycles. The number of benzene rings is 1. The van der Waals surface area contributed by atoms with E-state index < -0.39 is 0 Å². The quantitative estimate of drug-likeness (QED) is 0.767. The fraction of sp³-hybridized carbons (Fsp3) is 0.300. The van der Waals surface area contributed by atoms with Crippen LogP contribution < -0.4 is 5.73 Å². The van der Waals surface area contributed by atoms with E-state index in [0.29, 0.717) is 12.0 Å². The molecule has 2 heterocycles. The Hall–Kier alpha value is -1.71. The number of amides is 1. The highest BCUT2D eigenvalue weighted by molar-refractivity contribution is 5.73. The molecule has 0 atom stereocenters. The number of hydrogen-bond acceptors (Lipinski definition) is 3. The zero-order valence-electron chi connectivity index (χ0n) is 7.99. The van der Waals surface area contributed by atoms with Gasteiger partial charge in [0.2, 0.25) is 5.91 Å². The Kier molecular flexibility index (Phi) is 3.34. The van der Waals surface area contributed by atoms with Crippen LogP contribution in [0.1, 0.15) is 19.8 Å². The molecule has 2 aromatic rings. The fourth-order valence-electron chi connectivity index (χ4n) is 1.02. The lowest BCUT2D eigenvalue weighted by molar-refractivity contribution is -0.118. The number of phenols is 1. The van der Waals surface area contributed by atoms with Crippen molar-refractivity contribution in [2.24, 2.45) is 5.73 Å². The average Bonchev–Trinajstić information content (AvgIpc) is 2.65. The maximum atomic E-state index is 9.82. The first kappa shape index (κ1) is 10.4. The maximum Gasteiger partial charge on any atom is 0.217 e. The molecule has 0 saturated carbocycles. The Morgan fingerprint density at radius 2 is 2.29 bits per heavy atom. The average molecular weight is 195 g/mol. The zero-order valence-corrected chi connectivity index (χ0v) is 7.99. The van der Waals surface area contributed by atoms with Crippen molar-refractivity contribution in [1.82, 2.24) is 0 Å². The summed E-state index contributed by atoms with van der Waals surface area (Å²) in [4.78, 5) is 9.82. The van der Waals surface area contributed by atoms with Gasteiger partial charge >= 0.3 is 0 Å². The minimum absolute atomic E-state index is 0.211. The standard InChI is InChI=1S/C6H4O2.C4H9NO/c7-5-3-4-1-2-6(5)8-4;1-2-3-4(5)6/h1-3,7H;2-3H2,1H3,(H2,5,6). The van der Waals surface area contributed by atoms with Crippen LogP contribution >= 0.6 is 0 Å². The molecule has 2 rings (SSSR count). The number of rotatable bonds is 2. The van der Waals surface area contributed by atoms with Crippen molar-refractivity contribution in [1.29, 1.82) is 0 Å². The first-order valence-corrected chi connectivity index (χ1v) is 4.42. The van der Waals surface area contributed by atoms with Gasteiger partial charge in [-0.1, -0.05) is 6.92 Å². The number of hydrogen-bond donors (Lipinski definition) is 2. The summed E-state index contributed by atoms with van der Waals surface area (Å²) in [6, 6.07) is 5.15. The van der Waals surface area contributed by atoms with Crippen molar-refractivity contribution < 1.29 is 14.3 Å². The van der Waals surface area contributed by atoms with E-state index in [1.54, 1.807) is 12.1 Å². The highest BCUT2D eigenvalue weighted by Gasteiger charge is 2.02. The third-order valence-electron chi connectivity index (χ3n) is 1.65. The Labute approximate surface area is 81.6 Å². The monoisotopic (exact) mass is 195 g/mol. The summed E-state index contributed by atoms with van der Waals surface area (Å²) >= 11 is 0. The van der Waals surface area contributed by atoms with Gasteiger partial charge in [0, 0.05) is 12.5 Å². The second-order valence-corrected chi connectivity index (χ2v) is 2.95. The van der Waals surface area contributed by atoms with Gasteiger partial charge in [-0.05, 0) is 18.6 Å². The van der Waals surface area contributed by atoms with Crippen molar-refractivity contribution in [3.05, 3.63) is 18.2 Å². The predicted octanol–water partition coefficient (Wildman–Crippen LogP) is 1.85. The van der Waals surface area contributed by atoms with Crippen LogP contribution in [0.25, 0.3) is 11.2 Å². The first-order chi connectivity index (χ1) is 6.63. The van der Waals surface area contributed by atoms with E-state index >= 15 is 0 Å². The zero-order chi connectivity index (χ0) is 10.6. The number of primary amides is 1. The van der Waals surface area contributed by atoms with Crippen LogP contribution in [0.2, 0.25) is 0 Å². The van der Waals surface area contributed by atoms with Crippen LogP contribution in [0.3, 0.4) is 0 Å². The summed E-state index contributed by atoms with van der Waals surface area (Å²) in [5.41, 5.74) is 6.07. The molecule has 0 aliphatic heterocycles. The normalized spacial score (nSPS) is 9.79. The van der Waals surface area contributed by atoms with Crippen LogP contribution in [0, 0.1) is 0 Å². The van der Waals surface area contributed by atoms with E-state index in [2.05, 4.69) is 0 Å². The van der Waals surface area contributed by atoms with Gasteiger partial charge < -0.3 is 15.3 Å². The highest BCUT2D eigenvalue weighted by Crippen LogP contribution is 2.26. The Morgan fingerprint density at radius 3 is 2.43 bits per heavy atom. The van der Waals surface area contributed by atoms with Crippen LogP contribution in [0.4, 0.5) is 0 Å². The minimum atomic E-state index is -0.211. The molecular formula is C10H13NO3. The first-order valence-electron chi connectivity index (χ1n) is 4.42. The van der Waals surface area contributed by atoms with Gasteiger partial charge in [0.05, 0.1) is 0 Å². The predicted molar refractivity (Wildman–Crippen MR) is 53.2 cm³/mol. The largest absolute Gasteiger partial charge is 0.504 e. The van der Waals surface area contributed by atoms with Crippen LogP contribution in [0.15, 0.2) is 22.6 Å². The Morgan fingerprint density at radius 1 is 1.57 bits per heavy atom. The van der Waals surface area contributed by atoms with Gasteiger partial charge in [-0.2, -0.15) is 0 Å². The summed E-state index contributed by atoms with van der Waals surface area (Å²) in [5, 5.41) is 8.85. The van der Waals surface area contributed by atoms with Crippen molar-refractivity contribution in [3.63, 3.8) is 0 Å². The third-order valence-corrected chi connectivity index (χ3v) is 1.65. The van der Waals surface area contributed by atoms with Crippen molar-refractivity contribution >= 4 is 17.1 Å². The molecule has 1 amide bonds. The summed E-state index contributed by atoms with van der Waals surface area (Å²) < 4.78 is 4.96. The number of nitrogens with two attached hydrogens (primary N) is 1. The fourth-order valence-corrected chi connectivity index (χ4v) is 1.02. The van der Waals surface area contributed by atoms with E-state index in [-0.39, 0.29) is 11.7 Å². The third kappa shape index (κ3) is 2.65. The van der Waals surface area contributed by atoms with Crippen LogP contribution in [-0.4, -0.2) is 11.0 Å². The van der Waals surface area contributed by atoms with E-state index in [1.807, 2.05) is 13.0 Å². The summed E-state index contributed by atoms with van der Waals surface area (Å²) in [5.74, 6) is 0.0278. The van der Waals surface area contributed by atoms with Crippen LogP contribution in [-0.2, 0) is 4.79 Å². The molecule has 2 bridgehead atoms. The molecule has 0 saturated heterocycles. The van der Waals surface area contributed by atoms with Gasteiger partial charge in [-0.3, -0.25) is 4.79 Å². The van der Waals surface area contributed by atoms with Gasteiger partial charge in [-0.15, -0.1) is 0 Å². The number of carbonyl (C=O) groups is 1. The lowest BCUT2D eigenvalue weighted by Crippen LogP contribution is -2.08. The van der Waals surface area contributed by atoms with Crippen molar-refractivity contribution in [3.8, 4) is 5.75 Å². The highest BCUT2D eigenvalue weighted by atomic mass is 16.4. The molecule has 2 aromatic heterocycles. The van der Waals surface area contributed by atoms with E-state index in [9.17, 15) is 4.79 Å². The molecular weight excluding hydrogens is 182 g/mol. The second kappa shape index (κ2) is 4.50. The number of furan rings is 2. The lowest BCUT2D eigenvalue weighted by atomic mass is 10.3. The number of carbonyl (C=O) groups excluding carboxylic acids is 1. The number of aromatic hydroxyl groups is 1. The summed E-state index contributed by atoms with van der Waals surface area (Å²) in [6.07, 6.45) is 1.37. The Bertz CT molecular complexity index is 394. The van der Waals surface area contributed by atoms with Gasteiger partial charge in [0.15, 0.2) is 11.3 Å². The lowest BCUT2D eigenvalue weighted by Gasteiger charge is -1.81. The molecule has 4 heteroatoms. The molecule has 0 aliphatic rings. The van der Waals surface area contributed by atoms with E-state index in [0.717, 1.165) is 12.0 Å². The van der Waals surface area contributed by atoms with Gasteiger partial charge in [-0.25, -0.2) is 0 Å². The Balaban J connectivity index is 0.000000149. The maximum absolute atomic E-state index is 9.82. The van der Waals surface area contributed by atoms with Crippen molar-refractivity contribution in [2.45, 2.75) is 19.8 Å². The number of fused-ring (bicyclic) bond motifs is 2. The summed E-state index contributed by atoms with van der Waals surface area (Å²) in [6.45, 7) is 1.92. The summed E-state index contributed by atoms with van der Waals surface area (Å²) in [7, 11) is 0. The topological polar surface area (TPSA) is 76.5 Å². The van der Waals surface area contributed by atoms with Gasteiger partial charge in [0.1, 0.15) is 5.58 Å². The SMILES string of the molecule is CCCC(N)=O.Oc1cc2ccc1o2. The van der Waals surface area contributed by atoms with Crippen LogP contribution in [0.5, 0.6) is 5.75 Å². The van der Waals surface area contributed by atoms with E-state index in [4.69, 9.17) is 15.3 Å². The molecule has 3 N–H and O–H groups in total. The smallest absolute Gasteiger partial charge is 0.217 e. The molecule has 0 aromatic carbocycles. The second-order valence-electron chi connectivity index (χ2n) is 2.95. The molecule has 0 fully saturated rings. The molecule has 4 nitrogen and oxygen atoms in total. The molecule has 76 valence electrons. The van der Waals surface area contributed by atoms with Gasteiger partial charge in [0.25, 0.3) is 0 Å². The molecule has 0 unspecified atom stereocenters.